The third-order valence-electron chi connectivity index (χ3n) is 6.65. The summed E-state index contributed by atoms with van der Waals surface area (Å²) in [6, 6.07) is 10.4. The number of piperidine rings is 1. The van der Waals surface area contributed by atoms with Gasteiger partial charge in [-0.05, 0) is 63.1 Å². The first-order valence-electron chi connectivity index (χ1n) is 11.3. The van der Waals surface area contributed by atoms with Gasteiger partial charge in [0.25, 0.3) is 0 Å². The average Bonchev–Trinajstić information content (AvgIpc) is 3.45. The Kier molecular flexibility index (Phi) is 6.82. The number of carbonyl (C=O) groups is 2. The normalized spacial score (nSPS) is 27.9. The van der Waals surface area contributed by atoms with Crippen LogP contribution in [0.5, 0.6) is 0 Å². The molecule has 0 aromatic heterocycles. The maximum atomic E-state index is 13.3. The zero-order valence-electron chi connectivity index (χ0n) is 17.3. The molecule has 158 valence electrons. The van der Waals surface area contributed by atoms with Crippen LogP contribution >= 0.6 is 0 Å². The average molecular weight is 399 g/mol. The molecule has 2 N–H and O–H groups in total. The first-order valence-corrected chi connectivity index (χ1v) is 11.3. The molecule has 1 aromatic rings. The van der Waals surface area contributed by atoms with Gasteiger partial charge in [0.2, 0.25) is 11.8 Å². The van der Waals surface area contributed by atoms with Crippen molar-refractivity contribution in [3.05, 3.63) is 35.9 Å². The Morgan fingerprint density at radius 2 is 1.86 bits per heavy atom. The lowest BCUT2D eigenvalue weighted by Gasteiger charge is -2.36. The molecule has 6 nitrogen and oxygen atoms in total. The highest BCUT2D eigenvalue weighted by Crippen LogP contribution is 2.24. The van der Waals surface area contributed by atoms with Crippen LogP contribution in [0.1, 0.15) is 44.1 Å². The van der Waals surface area contributed by atoms with Crippen LogP contribution in [-0.2, 0) is 16.1 Å². The Bertz CT molecular complexity index is 689. The van der Waals surface area contributed by atoms with Crippen molar-refractivity contribution in [1.29, 1.82) is 0 Å². The molecule has 1 aromatic carbocycles. The van der Waals surface area contributed by atoms with Crippen molar-refractivity contribution in [3.63, 3.8) is 0 Å². The molecule has 0 radical (unpaired) electrons. The molecule has 0 spiro atoms. The van der Waals surface area contributed by atoms with Gasteiger partial charge in [0.15, 0.2) is 0 Å². The second-order valence-electron chi connectivity index (χ2n) is 8.80. The number of benzene rings is 1. The van der Waals surface area contributed by atoms with Crippen molar-refractivity contribution in [2.75, 3.05) is 32.7 Å². The van der Waals surface area contributed by atoms with Gasteiger partial charge >= 0.3 is 0 Å². The molecule has 3 aliphatic rings. The fraction of sp³-hybridized carbons (Fsp3) is 0.652. The summed E-state index contributed by atoms with van der Waals surface area (Å²) in [6.45, 7) is 5.08. The van der Waals surface area contributed by atoms with Gasteiger partial charge in [0, 0.05) is 26.2 Å². The summed E-state index contributed by atoms with van der Waals surface area (Å²) in [7, 11) is 0. The van der Waals surface area contributed by atoms with Crippen molar-refractivity contribution in [1.82, 2.24) is 20.4 Å². The number of carbonyl (C=O) groups excluding carboxylic acids is 2. The lowest BCUT2D eigenvalue weighted by atomic mass is 9.97. The van der Waals surface area contributed by atoms with E-state index in [0.29, 0.717) is 12.5 Å². The van der Waals surface area contributed by atoms with E-state index in [-0.39, 0.29) is 23.9 Å². The van der Waals surface area contributed by atoms with Gasteiger partial charge in [0.1, 0.15) is 0 Å². The summed E-state index contributed by atoms with van der Waals surface area (Å²) < 4.78 is 0. The van der Waals surface area contributed by atoms with Gasteiger partial charge in [-0.25, -0.2) is 0 Å². The molecule has 3 unspecified atom stereocenters. The SMILES string of the molecule is O=C(NCC1CCCN(C(=O)C2CCCN2Cc2ccccc2)C1)C1CCCN1. The fourth-order valence-corrected chi connectivity index (χ4v) is 5.03. The molecule has 6 heteroatoms. The molecule has 2 amide bonds. The molecular weight excluding hydrogens is 364 g/mol. The smallest absolute Gasteiger partial charge is 0.239 e. The van der Waals surface area contributed by atoms with Crippen LogP contribution in [0.25, 0.3) is 0 Å². The molecular formula is C23H34N4O2. The maximum Gasteiger partial charge on any atom is 0.239 e. The number of rotatable bonds is 6. The van der Waals surface area contributed by atoms with Crippen molar-refractivity contribution in [2.45, 2.75) is 57.2 Å². The summed E-state index contributed by atoms with van der Waals surface area (Å²) in [4.78, 5) is 29.9. The van der Waals surface area contributed by atoms with Crippen LogP contribution in [0.15, 0.2) is 30.3 Å². The van der Waals surface area contributed by atoms with Crippen molar-refractivity contribution < 1.29 is 9.59 Å². The standard InChI is InChI=1S/C23H34N4O2/c28-22(20-10-4-12-24-20)25-15-19-9-5-14-27(17-19)23(29)21-11-6-13-26(21)16-18-7-2-1-3-8-18/h1-3,7-8,19-21,24H,4-6,9-17H2,(H,25,28). The summed E-state index contributed by atoms with van der Waals surface area (Å²) in [5, 5.41) is 6.37. The minimum Gasteiger partial charge on any atom is -0.354 e. The van der Waals surface area contributed by atoms with Crippen LogP contribution in [0.4, 0.5) is 0 Å². The highest BCUT2D eigenvalue weighted by atomic mass is 16.2. The molecule has 3 saturated heterocycles. The zero-order chi connectivity index (χ0) is 20.1. The lowest BCUT2D eigenvalue weighted by Crippen LogP contribution is -2.51. The van der Waals surface area contributed by atoms with Gasteiger partial charge in [-0.15, -0.1) is 0 Å². The van der Waals surface area contributed by atoms with Gasteiger partial charge in [-0.3, -0.25) is 14.5 Å². The van der Waals surface area contributed by atoms with E-state index in [4.69, 9.17) is 0 Å². The fourth-order valence-electron chi connectivity index (χ4n) is 5.03. The largest absolute Gasteiger partial charge is 0.354 e. The van der Waals surface area contributed by atoms with E-state index < -0.39 is 0 Å². The predicted molar refractivity (Wildman–Crippen MR) is 113 cm³/mol. The summed E-state index contributed by atoms with van der Waals surface area (Å²) in [6.07, 6.45) is 6.16. The Hall–Kier alpha value is -1.92. The molecule has 3 fully saturated rings. The highest BCUT2D eigenvalue weighted by Gasteiger charge is 2.35. The highest BCUT2D eigenvalue weighted by molar-refractivity contribution is 5.83. The van der Waals surface area contributed by atoms with Crippen LogP contribution in [0.3, 0.4) is 0 Å². The van der Waals surface area contributed by atoms with E-state index in [1.807, 2.05) is 6.07 Å². The minimum absolute atomic E-state index is 0.00577. The Balaban J connectivity index is 1.29. The molecule has 0 saturated carbocycles. The van der Waals surface area contributed by atoms with Crippen LogP contribution in [-0.4, -0.2) is 66.4 Å². The quantitative estimate of drug-likeness (QED) is 0.766. The topological polar surface area (TPSA) is 64.7 Å². The van der Waals surface area contributed by atoms with Gasteiger partial charge in [0.05, 0.1) is 12.1 Å². The molecule has 3 aliphatic heterocycles. The number of hydrogen-bond acceptors (Lipinski definition) is 4. The van der Waals surface area contributed by atoms with E-state index in [1.54, 1.807) is 0 Å². The minimum atomic E-state index is -0.0265. The van der Waals surface area contributed by atoms with Gasteiger partial charge < -0.3 is 15.5 Å². The van der Waals surface area contributed by atoms with Gasteiger partial charge in [-0.1, -0.05) is 30.3 Å². The Labute approximate surface area is 174 Å². The van der Waals surface area contributed by atoms with E-state index in [9.17, 15) is 9.59 Å². The van der Waals surface area contributed by atoms with E-state index in [0.717, 1.165) is 71.2 Å². The van der Waals surface area contributed by atoms with Crippen LogP contribution in [0, 0.1) is 5.92 Å². The second-order valence-corrected chi connectivity index (χ2v) is 8.80. The molecule has 3 heterocycles. The van der Waals surface area contributed by atoms with E-state index >= 15 is 0 Å². The Morgan fingerprint density at radius 1 is 1.03 bits per heavy atom. The summed E-state index contributed by atoms with van der Waals surface area (Å²) in [5.41, 5.74) is 1.27. The molecule has 3 atom stereocenters. The lowest BCUT2D eigenvalue weighted by molar-refractivity contribution is -0.138. The number of nitrogens with one attached hydrogen (secondary N) is 2. The van der Waals surface area contributed by atoms with Crippen molar-refractivity contribution in [3.8, 4) is 0 Å². The van der Waals surface area contributed by atoms with Crippen molar-refractivity contribution in [2.24, 2.45) is 5.92 Å². The van der Waals surface area contributed by atoms with Crippen LogP contribution < -0.4 is 10.6 Å². The maximum absolute atomic E-state index is 13.3. The predicted octanol–water partition coefficient (Wildman–Crippen LogP) is 1.76. The molecule has 0 bridgehead atoms. The first-order chi connectivity index (χ1) is 14.2. The summed E-state index contributed by atoms with van der Waals surface area (Å²) >= 11 is 0. The van der Waals surface area contributed by atoms with E-state index in [2.05, 4.69) is 44.7 Å². The zero-order valence-corrected chi connectivity index (χ0v) is 17.3. The third-order valence-corrected chi connectivity index (χ3v) is 6.65. The number of amides is 2. The van der Waals surface area contributed by atoms with Crippen LogP contribution in [0.2, 0.25) is 0 Å². The summed E-state index contributed by atoms with van der Waals surface area (Å²) in [5.74, 6) is 0.768. The number of hydrogen-bond donors (Lipinski definition) is 2. The number of nitrogens with zero attached hydrogens (tertiary/aromatic N) is 2. The first kappa shape index (κ1) is 20.4. The van der Waals surface area contributed by atoms with Crippen molar-refractivity contribution >= 4 is 11.8 Å². The Morgan fingerprint density at radius 3 is 2.66 bits per heavy atom. The molecule has 0 aliphatic carbocycles. The van der Waals surface area contributed by atoms with Gasteiger partial charge in [-0.2, -0.15) is 0 Å². The molecule has 4 rings (SSSR count). The molecule has 29 heavy (non-hydrogen) atoms. The van der Waals surface area contributed by atoms with E-state index in [1.165, 1.54) is 5.56 Å². The third kappa shape index (κ3) is 5.17. The monoisotopic (exact) mass is 398 g/mol. The second kappa shape index (κ2) is 9.72. The number of likely N-dealkylation sites (tertiary alicyclic amines) is 2.